The maximum atomic E-state index is 12.3. The number of piperazine rings is 1. The average molecular weight is 534 g/mol. The molecule has 1 saturated heterocycles. The molecule has 1 N–H and O–H groups in total. The Hall–Kier alpha value is -4.45. The summed E-state index contributed by atoms with van der Waals surface area (Å²) in [5.74, 6) is 0.796. The highest BCUT2D eigenvalue weighted by Crippen LogP contribution is 2.27. The van der Waals surface area contributed by atoms with E-state index in [4.69, 9.17) is 26.3 Å². The molecule has 2 aromatic carbocycles. The monoisotopic (exact) mass is 533 g/mol. The van der Waals surface area contributed by atoms with Crippen molar-refractivity contribution in [3.8, 4) is 11.6 Å². The summed E-state index contributed by atoms with van der Waals surface area (Å²) in [4.78, 5) is 30.8. The minimum atomic E-state index is -0.381. The lowest BCUT2D eigenvalue weighted by molar-refractivity contribution is -0.143. The van der Waals surface area contributed by atoms with Crippen molar-refractivity contribution >= 4 is 51.4 Å². The number of imidazole rings is 1. The van der Waals surface area contributed by atoms with Crippen molar-refractivity contribution in [2.24, 2.45) is 0 Å². The van der Waals surface area contributed by atoms with Crippen LogP contribution in [0.2, 0.25) is 5.02 Å². The van der Waals surface area contributed by atoms with E-state index >= 15 is 0 Å². The molecule has 12 nitrogen and oxygen atoms in total. The van der Waals surface area contributed by atoms with Crippen LogP contribution in [0.25, 0.3) is 28.0 Å². The van der Waals surface area contributed by atoms with Crippen LogP contribution in [-0.4, -0.2) is 78.4 Å². The summed E-state index contributed by atoms with van der Waals surface area (Å²) in [5.41, 5.74) is 3.35. The fourth-order valence-corrected chi connectivity index (χ4v) is 4.71. The lowest BCUT2D eigenvalue weighted by Gasteiger charge is -2.36. The van der Waals surface area contributed by atoms with Crippen LogP contribution in [-0.2, 0) is 16.1 Å². The first kappa shape index (κ1) is 23.9. The molecule has 0 saturated carbocycles. The molecule has 1 aliphatic rings. The van der Waals surface area contributed by atoms with Crippen molar-refractivity contribution in [1.29, 1.82) is 0 Å². The van der Waals surface area contributed by atoms with Gasteiger partial charge in [-0.05, 0) is 49.4 Å². The van der Waals surface area contributed by atoms with E-state index in [0.717, 1.165) is 18.8 Å². The van der Waals surface area contributed by atoms with E-state index < -0.39 is 0 Å². The zero-order valence-electron chi connectivity index (χ0n) is 20.5. The number of benzene rings is 2. The molecule has 0 radical (unpaired) electrons. The van der Waals surface area contributed by atoms with E-state index in [9.17, 15) is 9.90 Å². The Labute approximate surface area is 222 Å². The quantitative estimate of drug-likeness (QED) is 0.325. The van der Waals surface area contributed by atoms with Crippen molar-refractivity contribution in [3.63, 3.8) is 0 Å². The first-order valence-corrected chi connectivity index (χ1v) is 12.6. The number of nitrogens with zero attached hydrogens (tertiary/aromatic N) is 9. The van der Waals surface area contributed by atoms with Crippen LogP contribution >= 0.6 is 11.6 Å². The molecule has 6 rings (SSSR count). The molecule has 38 heavy (non-hydrogen) atoms. The normalized spacial score (nSPS) is 13.9. The Morgan fingerprint density at radius 3 is 2.58 bits per heavy atom. The van der Waals surface area contributed by atoms with Gasteiger partial charge in [-0.1, -0.05) is 16.8 Å². The van der Waals surface area contributed by atoms with Crippen molar-refractivity contribution in [2.75, 3.05) is 42.6 Å². The maximum Gasteiger partial charge on any atom is 0.326 e. The van der Waals surface area contributed by atoms with Gasteiger partial charge in [0.25, 0.3) is 0 Å². The number of phenolic OH excluding ortho intramolecular Hbond substituents is 1. The van der Waals surface area contributed by atoms with Crippen LogP contribution in [0.5, 0.6) is 5.75 Å². The molecule has 0 unspecified atom stereocenters. The summed E-state index contributed by atoms with van der Waals surface area (Å²) < 4.78 is 8.39. The number of fused-ring (bicyclic) bond motifs is 2. The van der Waals surface area contributed by atoms with Crippen LogP contribution in [0.15, 0.2) is 48.8 Å². The number of hydrogen-bond acceptors (Lipinski definition) is 10. The summed E-state index contributed by atoms with van der Waals surface area (Å²) >= 11 is 6.27. The van der Waals surface area contributed by atoms with Crippen LogP contribution in [0.4, 0.5) is 11.6 Å². The highest BCUT2D eigenvalue weighted by atomic mass is 35.5. The fraction of sp³-hybridized carbons (Fsp3) is 0.280. The molecule has 13 heteroatoms. The third kappa shape index (κ3) is 4.43. The molecule has 0 bridgehead atoms. The van der Waals surface area contributed by atoms with Gasteiger partial charge >= 0.3 is 5.97 Å². The van der Waals surface area contributed by atoms with Crippen LogP contribution < -0.4 is 9.80 Å². The largest absolute Gasteiger partial charge is 0.508 e. The van der Waals surface area contributed by atoms with Crippen molar-refractivity contribution < 1.29 is 14.6 Å². The number of aromatic nitrogens is 7. The average Bonchev–Trinajstić information content (AvgIpc) is 3.53. The van der Waals surface area contributed by atoms with E-state index in [0.29, 0.717) is 52.1 Å². The van der Waals surface area contributed by atoms with Crippen molar-refractivity contribution in [2.45, 2.75) is 13.5 Å². The van der Waals surface area contributed by atoms with E-state index in [2.05, 4.69) is 25.1 Å². The second kappa shape index (κ2) is 9.78. The van der Waals surface area contributed by atoms with Crippen molar-refractivity contribution in [3.05, 3.63) is 53.8 Å². The zero-order chi connectivity index (χ0) is 26.2. The lowest BCUT2D eigenvalue weighted by Crippen LogP contribution is -2.47. The predicted octanol–water partition coefficient (Wildman–Crippen LogP) is 2.81. The molecular formula is C25H24ClN9O3. The number of hydrogen-bond donors (Lipinski definition) is 1. The van der Waals surface area contributed by atoms with Gasteiger partial charge in [0.15, 0.2) is 17.0 Å². The van der Waals surface area contributed by atoms with Crippen molar-refractivity contribution in [1.82, 2.24) is 34.5 Å². The predicted molar refractivity (Wildman–Crippen MR) is 142 cm³/mol. The van der Waals surface area contributed by atoms with Gasteiger partial charge in [-0.25, -0.2) is 4.98 Å². The molecule has 3 aromatic heterocycles. The molecule has 0 amide bonds. The number of esters is 1. The molecular weight excluding hydrogens is 510 g/mol. The Bertz CT molecular complexity index is 1620. The molecule has 4 heterocycles. The number of anilines is 2. The minimum Gasteiger partial charge on any atom is -0.508 e. The molecule has 1 fully saturated rings. The number of phenols is 1. The summed E-state index contributed by atoms with van der Waals surface area (Å²) in [6, 6.07) is 12.5. The van der Waals surface area contributed by atoms with Crippen LogP contribution in [0.3, 0.4) is 0 Å². The topological polar surface area (TPSA) is 127 Å². The first-order valence-electron chi connectivity index (χ1n) is 12.2. The minimum absolute atomic E-state index is 0.0290. The third-order valence-corrected chi connectivity index (χ3v) is 6.66. The third-order valence-electron chi connectivity index (χ3n) is 6.42. The molecule has 1 aliphatic heterocycles. The molecule has 0 aliphatic carbocycles. The lowest BCUT2D eigenvalue weighted by atomic mass is 10.2. The van der Waals surface area contributed by atoms with Gasteiger partial charge in [0, 0.05) is 36.9 Å². The highest BCUT2D eigenvalue weighted by molar-refractivity contribution is 6.31. The smallest absolute Gasteiger partial charge is 0.326 e. The molecule has 0 atom stereocenters. The number of carbonyl (C=O) groups excluding carboxylic acids is 1. The number of carbonyl (C=O) groups is 1. The van der Waals surface area contributed by atoms with Gasteiger partial charge in [0.05, 0.1) is 18.5 Å². The summed E-state index contributed by atoms with van der Waals surface area (Å²) in [7, 11) is 0. The van der Waals surface area contributed by atoms with Gasteiger partial charge in [-0.15, -0.1) is 5.10 Å². The number of aromatic hydroxyl groups is 1. The summed E-state index contributed by atoms with van der Waals surface area (Å²) in [6.45, 7) is 4.84. The molecule has 5 aromatic rings. The van der Waals surface area contributed by atoms with Crippen LogP contribution in [0.1, 0.15) is 6.92 Å². The zero-order valence-corrected chi connectivity index (χ0v) is 21.3. The standard InChI is InChI=1S/C25H24ClN9O3/c1-2-38-21(37)14-34-15-27-22-23(34)28-25(29-24(22)35-20-13-16(26)3-8-19(20)30-31-35)33-11-9-32(10-12-33)17-4-6-18(36)7-5-17/h3-8,13,15,36H,2,9-12,14H2,1H3. The molecule has 194 valence electrons. The number of ether oxygens (including phenoxy) is 1. The Balaban J connectivity index is 1.39. The van der Waals surface area contributed by atoms with Gasteiger partial charge in [0.2, 0.25) is 5.95 Å². The number of halogens is 1. The SMILES string of the molecule is CCOC(=O)Cn1cnc2c(-n3nnc4ccc(Cl)cc43)nc(N3CCN(c4ccc(O)cc4)CC3)nc21. The van der Waals surface area contributed by atoms with Crippen LogP contribution in [0, 0.1) is 0 Å². The van der Waals surface area contributed by atoms with E-state index in [1.807, 2.05) is 12.1 Å². The Morgan fingerprint density at radius 1 is 1.05 bits per heavy atom. The van der Waals surface area contributed by atoms with Gasteiger partial charge in [0.1, 0.15) is 17.8 Å². The highest BCUT2D eigenvalue weighted by Gasteiger charge is 2.24. The van der Waals surface area contributed by atoms with E-state index in [1.54, 1.807) is 52.8 Å². The fourth-order valence-electron chi connectivity index (χ4n) is 4.55. The summed E-state index contributed by atoms with van der Waals surface area (Å²) in [6.07, 6.45) is 1.55. The van der Waals surface area contributed by atoms with Gasteiger partial charge < -0.3 is 24.2 Å². The Kier molecular flexibility index (Phi) is 6.16. The second-order valence-corrected chi connectivity index (χ2v) is 9.26. The first-order chi connectivity index (χ1) is 18.5. The van der Waals surface area contributed by atoms with E-state index in [-0.39, 0.29) is 24.9 Å². The maximum absolute atomic E-state index is 12.3. The molecule has 0 spiro atoms. The summed E-state index contributed by atoms with van der Waals surface area (Å²) in [5, 5.41) is 18.7. The van der Waals surface area contributed by atoms with E-state index in [1.165, 1.54) is 0 Å². The van der Waals surface area contributed by atoms with Gasteiger partial charge in [-0.2, -0.15) is 14.6 Å². The second-order valence-electron chi connectivity index (χ2n) is 8.82. The number of rotatable bonds is 6. The van der Waals surface area contributed by atoms with Gasteiger partial charge in [-0.3, -0.25) is 4.79 Å². The Morgan fingerprint density at radius 2 is 1.82 bits per heavy atom.